The highest BCUT2D eigenvalue weighted by Gasteiger charge is 2.29. The lowest BCUT2D eigenvalue weighted by atomic mass is 10.1. The number of methoxy groups -OCH3 is 2. The van der Waals surface area contributed by atoms with Crippen LogP contribution in [0.25, 0.3) is 6.08 Å². The Kier molecular flexibility index (Phi) is 5.46. The zero-order chi connectivity index (χ0) is 17.7. The van der Waals surface area contributed by atoms with Gasteiger partial charge in [-0.2, -0.15) is 5.26 Å². The van der Waals surface area contributed by atoms with E-state index in [0.29, 0.717) is 23.5 Å². The van der Waals surface area contributed by atoms with Crippen LogP contribution in [0.5, 0.6) is 11.5 Å². The number of amides is 1. The summed E-state index contributed by atoms with van der Waals surface area (Å²) < 4.78 is 33.2. The van der Waals surface area contributed by atoms with Crippen molar-refractivity contribution in [3.63, 3.8) is 0 Å². The topological polar surface area (TPSA) is 105 Å². The van der Waals surface area contributed by atoms with E-state index >= 15 is 0 Å². The number of ether oxygens (including phenoxy) is 2. The van der Waals surface area contributed by atoms with Crippen LogP contribution in [0.15, 0.2) is 23.8 Å². The first-order valence-corrected chi connectivity index (χ1v) is 9.06. The molecule has 128 valence electrons. The first-order chi connectivity index (χ1) is 11.4. The highest BCUT2D eigenvalue weighted by Crippen LogP contribution is 2.28. The number of nitriles is 1. The first-order valence-electron chi connectivity index (χ1n) is 7.23. The fourth-order valence-electron chi connectivity index (χ4n) is 2.43. The molecule has 1 aliphatic heterocycles. The molecule has 1 aromatic rings. The van der Waals surface area contributed by atoms with Crippen molar-refractivity contribution in [3.05, 3.63) is 29.3 Å². The highest BCUT2D eigenvalue weighted by molar-refractivity contribution is 7.91. The fraction of sp³-hybridized carbons (Fsp3) is 0.375. The van der Waals surface area contributed by atoms with Gasteiger partial charge in [-0.3, -0.25) is 4.79 Å². The number of hydrogen-bond donors (Lipinski definition) is 1. The molecular formula is C16H18N2O5S. The van der Waals surface area contributed by atoms with E-state index in [1.165, 1.54) is 20.3 Å². The normalized spacial score (nSPS) is 19.4. The SMILES string of the molecule is COc1ccc(/C=C(\C#N)C(=O)N[C@H]2CCS(=O)(=O)C2)cc1OC. The summed E-state index contributed by atoms with van der Waals surface area (Å²) in [4.78, 5) is 12.2. The van der Waals surface area contributed by atoms with Crippen LogP contribution < -0.4 is 14.8 Å². The summed E-state index contributed by atoms with van der Waals surface area (Å²) in [5.74, 6) is 0.390. The second-order valence-corrected chi connectivity index (χ2v) is 7.59. The predicted molar refractivity (Wildman–Crippen MR) is 88.3 cm³/mol. The Bertz CT molecular complexity index is 808. The number of carbonyl (C=O) groups is 1. The molecule has 1 N–H and O–H groups in total. The molecule has 1 aromatic carbocycles. The Balaban J connectivity index is 2.17. The van der Waals surface area contributed by atoms with Gasteiger partial charge in [0.25, 0.3) is 5.91 Å². The second-order valence-electron chi connectivity index (χ2n) is 5.36. The van der Waals surface area contributed by atoms with Gasteiger partial charge in [0.2, 0.25) is 0 Å². The van der Waals surface area contributed by atoms with Crippen molar-refractivity contribution in [1.82, 2.24) is 5.32 Å². The van der Waals surface area contributed by atoms with Crippen molar-refractivity contribution in [2.24, 2.45) is 0 Å². The van der Waals surface area contributed by atoms with Crippen molar-refractivity contribution in [2.75, 3.05) is 25.7 Å². The van der Waals surface area contributed by atoms with Crippen molar-refractivity contribution in [1.29, 1.82) is 5.26 Å². The molecule has 1 amide bonds. The monoisotopic (exact) mass is 350 g/mol. The van der Waals surface area contributed by atoms with Gasteiger partial charge in [-0.15, -0.1) is 0 Å². The molecule has 0 aromatic heterocycles. The van der Waals surface area contributed by atoms with E-state index in [9.17, 15) is 18.5 Å². The standard InChI is InChI=1S/C16H18N2O5S/c1-22-14-4-3-11(8-15(14)23-2)7-12(9-17)16(19)18-13-5-6-24(20,21)10-13/h3-4,7-8,13H,5-6,10H2,1-2H3,(H,18,19)/b12-7+/t13-/m0/s1. The van der Waals surface area contributed by atoms with Crippen LogP contribution >= 0.6 is 0 Å². The van der Waals surface area contributed by atoms with Crippen LogP contribution in [0.2, 0.25) is 0 Å². The van der Waals surface area contributed by atoms with Gasteiger partial charge in [0.05, 0.1) is 25.7 Å². The molecule has 1 fully saturated rings. The molecular weight excluding hydrogens is 332 g/mol. The Morgan fingerprint density at radius 3 is 2.58 bits per heavy atom. The molecule has 8 heteroatoms. The summed E-state index contributed by atoms with van der Waals surface area (Å²) >= 11 is 0. The molecule has 1 saturated heterocycles. The highest BCUT2D eigenvalue weighted by atomic mass is 32.2. The molecule has 24 heavy (non-hydrogen) atoms. The lowest BCUT2D eigenvalue weighted by Crippen LogP contribution is -2.36. The number of sulfone groups is 1. The number of benzene rings is 1. The summed E-state index contributed by atoms with van der Waals surface area (Å²) in [7, 11) is -0.0957. The summed E-state index contributed by atoms with van der Waals surface area (Å²) in [5, 5.41) is 11.8. The third-order valence-corrected chi connectivity index (χ3v) is 5.42. The van der Waals surface area contributed by atoms with E-state index in [4.69, 9.17) is 9.47 Å². The summed E-state index contributed by atoms with van der Waals surface area (Å²) in [6, 6.07) is 6.38. The van der Waals surface area contributed by atoms with Gasteiger partial charge in [-0.25, -0.2) is 8.42 Å². The molecule has 0 spiro atoms. The number of carbonyl (C=O) groups excluding carboxylic acids is 1. The number of rotatable bonds is 5. The summed E-state index contributed by atoms with van der Waals surface area (Å²) in [6.45, 7) is 0. The molecule has 7 nitrogen and oxygen atoms in total. The Labute approximate surface area is 140 Å². The van der Waals surface area contributed by atoms with Gasteiger partial charge in [0.15, 0.2) is 21.3 Å². The number of nitrogens with zero attached hydrogens (tertiary/aromatic N) is 1. The minimum atomic E-state index is -3.10. The minimum Gasteiger partial charge on any atom is -0.493 e. The molecule has 0 unspecified atom stereocenters. The largest absolute Gasteiger partial charge is 0.493 e. The molecule has 2 rings (SSSR count). The maximum atomic E-state index is 12.2. The van der Waals surface area contributed by atoms with E-state index in [1.807, 2.05) is 6.07 Å². The van der Waals surface area contributed by atoms with Gasteiger partial charge in [-0.1, -0.05) is 6.07 Å². The third kappa shape index (κ3) is 4.26. The first kappa shape index (κ1) is 17.8. The van der Waals surface area contributed by atoms with Gasteiger partial charge in [0, 0.05) is 6.04 Å². The third-order valence-electron chi connectivity index (χ3n) is 3.65. The van der Waals surface area contributed by atoms with Gasteiger partial charge >= 0.3 is 0 Å². The van der Waals surface area contributed by atoms with E-state index < -0.39 is 21.8 Å². The van der Waals surface area contributed by atoms with Crippen LogP contribution in [0, 0.1) is 11.3 Å². The Morgan fingerprint density at radius 1 is 1.33 bits per heavy atom. The van der Waals surface area contributed by atoms with E-state index in [2.05, 4.69) is 5.32 Å². The summed E-state index contributed by atoms with van der Waals surface area (Å²) in [6.07, 6.45) is 1.78. The van der Waals surface area contributed by atoms with Gasteiger partial charge in [-0.05, 0) is 30.2 Å². The maximum Gasteiger partial charge on any atom is 0.262 e. The quantitative estimate of drug-likeness (QED) is 0.625. The lowest BCUT2D eigenvalue weighted by Gasteiger charge is -2.10. The number of nitrogens with one attached hydrogen (secondary N) is 1. The molecule has 0 bridgehead atoms. The zero-order valence-electron chi connectivity index (χ0n) is 13.4. The van der Waals surface area contributed by atoms with Crippen molar-refractivity contribution in [2.45, 2.75) is 12.5 Å². The van der Waals surface area contributed by atoms with Crippen LogP contribution in [-0.4, -0.2) is 46.1 Å². The van der Waals surface area contributed by atoms with E-state index in [-0.39, 0.29) is 17.1 Å². The molecule has 1 heterocycles. The zero-order valence-corrected chi connectivity index (χ0v) is 14.2. The molecule has 0 radical (unpaired) electrons. The Morgan fingerprint density at radius 2 is 2.04 bits per heavy atom. The average Bonchev–Trinajstić information content (AvgIpc) is 2.90. The van der Waals surface area contributed by atoms with E-state index in [0.717, 1.165) is 0 Å². The van der Waals surface area contributed by atoms with Gasteiger partial charge in [0.1, 0.15) is 11.6 Å². The lowest BCUT2D eigenvalue weighted by molar-refractivity contribution is -0.117. The molecule has 1 atom stereocenters. The van der Waals surface area contributed by atoms with Gasteiger partial charge < -0.3 is 14.8 Å². The fourth-order valence-corrected chi connectivity index (χ4v) is 4.10. The summed E-state index contributed by atoms with van der Waals surface area (Å²) in [5.41, 5.74) is 0.491. The van der Waals surface area contributed by atoms with Crippen LogP contribution in [0.3, 0.4) is 0 Å². The van der Waals surface area contributed by atoms with Crippen LogP contribution in [-0.2, 0) is 14.6 Å². The maximum absolute atomic E-state index is 12.2. The average molecular weight is 350 g/mol. The minimum absolute atomic E-state index is 0.0548. The predicted octanol–water partition coefficient (Wildman–Crippen LogP) is 0.914. The van der Waals surface area contributed by atoms with Crippen molar-refractivity contribution < 1.29 is 22.7 Å². The van der Waals surface area contributed by atoms with E-state index in [1.54, 1.807) is 18.2 Å². The van der Waals surface area contributed by atoms with Crippen molar-refractivity contribution in [3.8, 4) is 17.6 Å². The molecule has 1 aliphatic rings. The molecule has 0 saturated carbocycles. The Hall–Kier alpha value is -2.53. The van der Waals surface area contributed by atoms with Crippen molar-refractivity contribution >= 4 is 21.8 Å². The van der Waals surface area contributed by atoms with Crippen LogP contribution in [0.1, 0.15) is 12.0 Å². The smallest absolute Gasteiger partial charge is 0.262 e. The molecule has 0 aliphatic carbocycles. The second kappa shape index (κ2) is 7.36. The number of hydrogen-bond acceptors (Lipinski definition) is 6. The van der Waals surface area contributed by atoms with Crippen LogP contribution in [0.4, 0.5) is 0 Å².